The smallest absolute Gasteiger partial charge is 0.301 e. The Kier molecular flexibility index (Phi) is 5.45. The Bertz CT molecular complexity index is 1480. The van der Waals surface area contributed by atoms with Gasteiger partial charge in [-0.3, -0.25) is 4.79 Å². The normalized spacial score (nSPS) is 25.9. The SMILES string of the molecule is Cn1c(=O)c2c(c3cc(Nc4nc(N5CC6CCC(C5)O6)ncc4Cl)ccc31)N[C@@H](C1CC1)C(F)(F)CO2. The fourth-order valence-electron chi connectivity index (χ4n) is 5.80. The van der Waals surface area contributed by atoms with Crippen molar-refractivity contribution >= 4 is 45.6 Å². The maximum atomic E-state index is 14.9. The molecule has 3 aromatic rings. The topological polar surface area (TPSA) is 93.5 Å². The number of nitrogens with zero attached hydrogens (tertiary/aromatic N) is 4. The largest absolute Gasteiger partial charge is 0.480 e. The number of hydrogen-bond acceptors (Lipinski definition) is 8. The van der Waals surface area contributed by atoms with Gasteiger partial charge in [-0.1, -0.05) is 11.6 Å². The molecule has 9 nitrogen and oxygen atoms in total. The Hall–Kier alpha value is -3.18. The number of benzene rings is 1. The molecule has 2 aromatic heterocycles. The standard InChI is InChI=1S/C26H27ClF2N6O3/c1-34-19-7-4-14(31-23-18(27)9-30-25(33-23)35-10-15-5-6-16(11-35)38-15)8-17(19)20-21(24(34)36)37-12-26(28,29)22(32-20)13-2-3-13/h4,7-9,13,15-16,22,32H,2-3,5-6,10-12H2,1H3,(H,30,31,33)/t15?,16?,22-/m0/s1. The lowest BCUT2D eigenvalue weighted by Gasteiger charge is -2.32. The molecule has 5 heterocycles. The van der Waals surface area contributed by atoms with Gasteiger partial charge in [0.1, 0.15) is 5.02 Å². The molecule has 1 saturated carbocycles. The van der Waals surface area contributed by atoms with Crippen molar-refractivity contribution in [1.29, 1.82) is 0 Å². The highest BCUT2D eigenvalue weighted by atomic mass is 35.5. The van der Waals surface area contributed by atoms with E-state index in [4.69, 9.17) is 21.1 Å². The number of aromatic nitrogens is 3. The zero-order valence-corrected chi connectivity index (χ0v) is 21.5. The summed E-state index contributed by atoms with van der Waals surface area (Å²) in [7, 11) is 1.60. The molecule has 0 spiro atoms. The number of ether oxygens (including phenoxy) is 2. The molecule has 2 bridgehead atoms. The second-order valence-electron chi connectivity index (χ2n) is 10.7. The number of halogens is 3. The van der Waals surface area contributed by atoms with Crippen LogP contribution in [0.4, 0.5) is 31.9 Å². The van der Waals surface area contributed by atoms with Crippen molar-refractivity contribution in [3.63, 3.8) is 0 Å². The Balaban J connectivity index is 1.26. The van der Waals surface area contributed by atoms with Gasteiger partial charge in [0.05, 0.1) is 35.7 Å². The second kappa shape index (κ2) is 8.67. The van der Waals surface area contributed by atoms with Gasteiger partial charge in [-0.05, 0) is 49.8 Å². The number of fused-ring (bicyclic) bond motifs is 5. The van der Waals surface area contributed by atoms with Gasteiger partial charge in [-0.2, -0.15) is 4.98 Å². The first-order valence-corrected chi connectivity index (χ1v) is 13.3. The maximum absolute atomic E-state index is 14.9. The average molecular weight is 545 g/mol. The number of nitrogens with one attached hydrogen (secondary N) is 2. The molecule has 4 aliphatic rings. The van der Waals surface area contributed by atoms with Crippen LogP contribution in [0.25, 0.3) is 10.9 Å². The van der Waals surface area contributed by atoms with Crippen LogP contribution in [-0.4, -0.2) is 58.4 Å². The molecule has 2 saturated heterocycles. The quantitative estimate of drug-likeness (QED) is 0.502. The third kappa shape index (κ3) is 4.03. The first-order valence-electron chi connectivity index (χ1n) is 12.9. The first-order chi connectivity index (χ1) is 18.3. The summed E-state index contributed by atoms with van der Waals surface area (Å²) in [5.74, 6) is -2.36. The van der Waals surface area contributed by atoms with Crippen molar-refractivity contribution in [2.24, 2.45) is 13.0 Å². The molecule has 1 aromatic carbocycles. The summed E-state index contributed by atoms with van der Waals surface area (Å²) >= 11 is 6.46. The minimum atomic E-state index is -3.10. The fourth-order valence-corrected chi connectivity index (χ4v) is 5.94. The van der Waals surface area contributed by atoms with Crippen molar-refractivity contribution in [3.05, 3.63) is 39.8 Å². The molecule has 3 atom stereocenters. The van der Waals surface area contributed by atoms with E-state index in [0.29, 0.717) is 39.1 Å². The zero-order valence-electron chi connectivity index (χ0n) is 20.7. The van der Waals surface area contributed by atoms with Crippen molar-refractivity contribution in [2.75, 3.05) is 35.2 Å². The number of anilines is 4. The molecule has 200 valence electrons. The van der Waals surface area contributed by atoms with Crippen LogP contribution in [0, 0.1) is 5.92 Å². The predicted octanol–water partition coefficient (Wildman–Crippen LogP) is 4.31. The van der Waals surface area contributed by atoms with E-state index < -0.39 is 24.1 Å². The predicted molar refractivity (Wildman–Crippen MR) is 140 cm³/mol. The average Bonchev–Trinajstić information content (AvgIpc) is 3.69. The summed E-state index contributed by atoms with van der Waals surface area (Å²) in [5.41, 5.74) is 1.05. The minimum Gasteiger partial charge on any atom is -0.480 e. The minimum absolute atomic E-state index is 0.0933. The van der Waals surface area contributed by atoms with Gasteiger partial charge < -0.3 is 29.6 Å². The molecule has 2 unspecified atom stereocenters. The van der Waals surface area contributed by atoms with Crippen molar-refractivity contribution in [1.82, 2.24) is 14.5 Å². The van der Waals surface area contributed by atoms with Crippen LogP contribution in [-0.2, 0) is 11.8 Å². The highest BCUT2D eigenvalue weighted by Crippen LogP contribution is 2.45. The molecular formula is C26H27ClF2N6O3. The van der Waals surface area contributed by atoms with Gasteiger partial charge in [-0.25, -0.2) is 13.8 Å². The third-order valence-corrected chi connectivity index (χ3v) is 8.21. The van der Waals surface area contributed by atoms with Crippen LogP contribution in [0.3, 0.4) is 0 Å². The highest BCUT2D eigenvalue weighted by Gasteiger charge is 2.51. The summed E-state index contributed by atoms with van der Waals surface area (Å²) < 4.78 is 42.6. The third-order valence-electron chi connectivity index (χ3n) is 7.93. The summed E-state index contributed by atoms with van der Waals surface area (Å²) in [6.45, 7) is 0.619. The van der Waals surface area contributed by atoms with Gasteiger partial charge in [0, 0.05) is 31.2 Å². The molecular weight excluding hydrogens is 518 g/mol. The monoisotopic (exact) mass is 544 g/mol. The van der Waals surface area contributed by atoms with Crippen molar-refractivity contribution in [3.8, 4) is 5.75 Å². The van der Waals surface area contributed by atoms with E-state index in [1.165, 1.54) is 4.57 Å². The molecule has 1 aliphatic carbocycles. The van der Waals surface area contributed by atoms with Gasteiger partial charge in [-0.15, -0.1) is 0 Å². The number of pyridine rings is 1. The van der Waals surface area contributed by atoms with Crippen molar-refractivity contribution in [2.45, 2.75) is 49.9 Å². The van der Waals surface area contributed by atoms with E-state index in [1.54, 1.807) is 31.4 Å². The summed E-state index contributed by atoms with van der Waals surface area (Å²) in [5, 5.41) is 7.20. The Morgan fingerprint density at radius 1 is 1.18 bits per heavy atom. The molecule has 7 rings (SSSR count). The zero-order chi connectivity index (χ0) is 26.2. The van der Waals surface area contributed by atoms with E-state index in [9.17, 15) is 13.6 Å². The second-order valence-corrected chi connectivity index (χ2v) is 11.1. The van der Waals surface area contributed by atoms with E-state index in [-0.39, 0.29) is 23.9 Å². The molecule has 3 fully saturated rings. The summed E-state index contributed by atoms with van der Waals surface area (Å²) in [4.78, 5) is 24.3. The lowest BCUT2D eigenvalue weighted by Crippen LogP contribution is -2.44. The van der Waals surface area contributed by atoms with Gasteiger partial charge in [0.25, 0.3) is 5.56 Å². The molecule has 0 amide bonds. The number of alkyl halides is 2. The lowest BCUT2D eigenvalue weighted by molar-refractivity contribution is -0.0579. The Morgan fingerprint density at radius 3 is 2.68 bits per heavy atom. The Morgan fingerprint density at radius 2 is 1.95 bits per heavy atom. The van der Waals surface area contributed by atoms with Crippen LogP contribution < -0.4 is 25.8 Å². The van der Waals surface area contributed by atoms with E-state index in [1.807, 2.05) is 0 Å². The van der Waals surface area contributed by atoms with Crippen LogP contribution in [0.5, 0.6) is 5.75 Å². The van der Waals surface area contributed by atoms with E-state index in [0.717, 1.165) is 38.8 Å². The van der Waals surface area contributed by atoms with Gasteiger partial charge in [0.15, 0.2) is 12.4 Å². The first kappa shape index (κ1) is 23.9. The van der Waals surface area contributed by atoms with Crippen molar-refractivity contribution < 1.29 is 18.3 Å². The molecule has 3 aliphatic heterocycles. The van der Waals surface area contributed by atoms with Gasteiger partial charge >= 0.3 is 5.92 Å². The molecule has 2 N–H and O–H groups in total. The number of hydrogen-bond donors (Lipinski definition) is 2. The number of aryl methyl sites for hydroxylation is 1. The van der Waals surface area contributed by atoms with E-state index in [2.05, 4.69) is 25.5 Å². The molecule has 0 radical (unpaired) electrons. The Labute approximate surface area is 222 Å². The molecule has 38 heavy (non-hydrogen) atoms. The molecule has 12 heteroatoms. The van der Waals surface area contributed by atoms with Crippen LogP contribution in [0.1, 0.15) is 25.7 Å². The number of rotatable bonds is 4. The van der Waals surface area contributed by atoms with E-state index >= 15 is 0 Å². The van der Waals surface area contributed by atoms with Crippen LogP contribution >= 0.6 is 11.6 Å². The lowest BCUT2D eigenvalue weighted by atomic mass is 10.0. The summed E-state index contributed by atoms with van der Waals surface area (Å²) in [6, 6.07) is 4.26. The summed E-state index contributed by atoms with van der Waals surface area (Å²) in [6.07, 6.45) is 5.46. The number of morpholine rings is 1. The fraction of sp³-hybridized carbons (Fsp3) is 0.500. The van der Waals surface area contributed by atoms with Gasteiger partial charge in [0.2, 0.25) is 11.7 Å². The maximum Gasteiger partial charge on any atom is 0.301 e. The van der Waals surface area contributed by atoms with Crippen LogP contribution in [0.2, 0.25) is 5.02 Å². The van der Waals surface area contributed by atoms with Crippen LogP contribution in [0.15, 0.2) is 29.2 Å². The highest BCUT2D eigenvalue weighted by molar-refractivity contribution is 6.33.